The van der Waals surface area contributed by atoms with E-state index in [9.17, 15) is 0 Å². The van der Waals surface area contributed by atoms with E-state index < -0.39 is 0 Å². The molecule has 2 nitrogen and oxygen atoms in total. The maximum atomic E-state index is 2.52. The molecule has 0 spiro atoms. The summed E-state index contributed by atoms with van der Waals surface area (Å²) in [7, 11) is 0. The summed E-state index contributed by atoms with van der Waals surface area (Å²) < 4.78 is 0. The molecule has 2 heteroatoms. The fourth-order valence-electron chi connectivity index (χ4n) is 12.3. The van der Waals surface area contributed by atoms with Gasteiger partial charge in [-0.25, -0.2) is 0 Å². The van der Waals surface area contributed by atoms with Gasteiger partial charge in [0.15, 0.2) is 0 Å². The minimum atomic E-state index is -0.0118. The molecule has 0 amide bonds. The van der Waals surface area contributed by atoms with Gasteiger partial charge < -0.3 is 9.80 Å². The van der Waals surface area contributed by atoms with E-state index in [-0.39, 0.29) is 5.41 Å². The molecule has 0 unspecified atom stereocenters. The molecule has 0 atom stereocenters. The summed E-state index contributed by atoms with van der Waals surface area (Å²) in [5, 5.41) is 2.60. The first-order chi connectivity index (χ1) is 35.8. The van der Waals surface area contributed by atoms with Crippen molar-refractivity contribution in [2.75, 3.05) is 22.9 Å². The topological polar surface area (TPSA) is 6.48 Å². The van der Waals surface area contributed by atoms with Crippen molar-refractivity contribution in [2.24, 2.45) is 0 Å². The molecule has 2 aliphatic heterocycles. The summed E-state index contributed by atoms with van der Waals surface area (Å²) in [5.41, 5.74) is 24.1. The molecule has 0 radical (unpaired) electrons. The molecular formula is C71H68N2. The largest absolute Gasteiger partial charge is 0.341 e. The van der Waals surface area contributed by atoms with Crippen LogP contribution in [0.2, 0.25) is 0 Å². The predicted molar refractivity (Wildman–Crippen MR) is 316 cm³/mol. The zero-order valence-corrected chi connectivity index (χ0v) is 43.4. The molecule has 0 bridgehead atoms. The molecule has 9 aromatic carbocycles. The Morgan fingerprint density at radius 3 is 1.51 bits per heavy atom. The molecule has 0 saturated heterocycles. The summed E-state index contributed by atoms with van der Waals surface area (Å²) >= 11 is 0. The number of fused-ring (bicyclic) bond motifs is 6. The highest BCUT2D eigenvalue weighted by molar-refractivity contribution is 6.05. The predicted octanol–water partition coefficient (Wildman–Crippen LogP) is 19.2. The lowest BCUT2D eigenvalue weighted by atomic mass is 9.73. The van der Waals surface area contributed by atoms with Crippen molar-refractivity contribution < 1.29 is 0 Å². The van der Waals surface area contributed by atoms with Crippen LogP contribution in [0.25, 0.3) is 57.3 Å². The Bertz CT molecular complexity index is 3470. The first kappa shape index (κ1) is 47.6. The molecule has 0 N–H and O–H groups in total. The van der Waals surface area contributed by atoms with E-state index in [2.05, 4.69) is 263 Å². The number of nitrogens with zero attached hydrogens (tertiary/aromatic N) is 2. The zero-order valence-electron chi connectivity index (χ0n) is 43.4. The summed E-state index contributed by atoms with van der Waals surface area (Å²) in [6.45, 7) is 13.4. The van der Waals surface area contributed by atoms with Crippen LogP contribution in [-0.4, -0.2) is 13.1 Å². The van der Waals surface area contributed by atoms with Gasteiger partial charge in [-0.2, -0.15) is 0 Å². The number of hydrogen-bond donors (Lipinski definition) is 0. The average molecular weight is 949 g/mol. The lowest BCUT2D eigenvalue weighted by Crippen LogP contribution is -2.24. The molecule has 12 rings (SSSR count). The lowest BCUT2D eigenvalue weighted by Gasteiger charge is -2.32. The third-order valence-electron chi connectivity index (χ3n) is 16.2. The van der Waals surface area contributed by atoms with E-state index >= 15 is 0 Å². The van der Waals surface area contributed by atoms with Crippen LogP contribution in [0, 0.1) is 6.92 Å². The SMILES string of the molecule is CCC1(CC)c2cc(/C=C/c3ccc(-c4ccc(N5CCCc6ccccc65)c5ccccc45)cc3)ccc2-c2ccc(/C=C/c3ccc(N4CCCc5ccccc54)cc3)cc21.Cc1ccccc1C(C)C. The fraction of sp³-hybridized carbons (Fsp3) is 0.211. The number of hydrogen-bond acceptors (Lipinski definition) is 2. The van der Waals surface area contributed by atoms with E-state index in [1.807, 2.05) is 0 Å². The lowest BCUT2D eigenvalue weighted by molar-refractivity contribution is 0.490. The Balaban J connectivity index is 0.000000516. The third-order valence-corrected chi connectivity index (χ3v) is 16.2. The number of rotatable bonds is 10. The molecule has 3 aliphatic rings. The third kappa shape index (κ3) is 9.37. The Labute approximate surface area is 435 Å². The van der Waals surface area contributed by atoms with Crippen LogP contribution in [0.15, 0.2) is 194 Å². The normalized spacial score (nSPS) is 14.5. The van der Waals surface area contributed by atoms with Crippen molar-refractivity contribution in [1.29, 1.82) is 0 Å². The molecule has 9 aromatic rings. The second-order valence-electron chi connectivity index (χ2n) is 20.7. The molecule has 0 saturated carbocycles. The van der Waals surface area contributed by atoms with E-state index in [0.29, 0.717) is 5.92 Å². The molecule has 0 fully saturated rings. The fourth-order valence-corrected chi connectivity index (χ4v) is 12.3. The van der Waals surface area contributed by atoms with Crippen LogP contribution < -0.4 is 9.80 Å². The van der Waals surface area contributed by atoms with Crippen molar-refractivity contribution in [2.45, 2.75) is 84.5 Å². The van der Waals surface area contributed by atoms with Gasteiger partial charge in [-0.3, -0.25) is 0 Å². The Hall–Kier alpha value is -7.68. The maximum absolute atomic E-state index is 2.52. The van der Waals surface area contributed by atoms with Gasteiger partial charge in [-0.1, -0.05) is 216 Å². The highest BCUT2D eigenvalue weighted by Crippen LogP contribution is 2.53. The molecule has 1 aliphatic carbocycles. The number of benzene rings is 9. The van der Waals surface area contributed by atoms with Crippen LogP contribution in [0.1, 0.15) is 115 Å². The molecule has 73 heavy (non-hydrogen) atoms. The minimum absolute atomic E-state index is 0.0118. The number of aryl methyl sites for hydroxylation is 3. The smallest absolute Gasteiger partial charge is 0.0490 e. The van der Waals surface area contributed by atoms with Crippen LogP contribution in [0.3, 0.4) is 0 Å². The monoisotopic (exact) mass is 949 g/mol. The van der Waals surface area contributed by atoms with Crippen LogP contribution >= 0.6 is 0 Å². The first-order valence-electron chi connectivity index (χ1n) is 27.0. The molecule has 0 aromatic heterocycles. The van der Waals surface area contributed by atoms with Gasteiger partial charge in [0.05, 0.1) is 0 Å². The van der Waals surface area contributed by atoms with Gasteiger partial charge in [0.2, 0.25) is 0 Å². The zero-order chi connectivity index (χ0) is 49.9. The summed E-state index contributed by atoms with van der Waals surface area (Å²) in [6.07, 6.45) is 15.9. The first-order valence-corrected chi connectivity index (χ1v) is 27.0. The summed E-state index contributed by atoms with van der Waals surface area (Å²) in [6, 6.07) is 72.2. The highest BCUT2D eigenvalue weighted by atomic mass is 15.1. The van der Waals surface area contributed by atoms with Crippen LogP contribution in [0.4, 0.5) is 22.7 Å². The van der Waals surface area contributed by atoms with Crippen molar-refractivity contribution >= 4 is 57.8 Å². The van der Waals surface area contributed by atoms with Gasteiger partial charge in [0.1, 0.15) is 0 Å². The van der Waals surface area contributed by atoms with Crippen LogP contribution in [0.5, 0.6) is 0 Å². The van der Waals surface area contributed by atoms with E-state index in [1.165, 1.54) is 124 Å². The number of para-hydroxylation sites is 2. The van der Waals surface area contributed by atoms with Gasteiger partial charge in [-0.15, -0.1) is 0 Å². The Morgan fingerprint density at radius 1 is 0.452 bits per heavy atom. The van der Waals surface area contributed by atoms with Crippen LogP contribution in [-0.2, 0) is 18.3 Å². The van der Waals surface area contributed by atoms with E-state index in [0.717, 1.165) is 38.8 Å². The van der Waals surface area contributed by atoms with Gasteiger partial charge in [0, 0.05) is 46.6 Å². The van der Waals surface area contributed by atoms with Crippen molar-refractivity contribution in [1.82, 2.24) is 0 Å². The standard InChI is InChI=1S/C61H54N2.C10H14/c1-3-61(4-2)56-41-45(23-21-43-25-31-47(32-26-43)51-37-38-60(55-18-8-7-17-52(51)55)63-40-12-16-49-14-6-10-20-59(49)63)29-35-53(56)54-36-30-46(42-57(54)61)24-22-44-27-33-50(34-28-44)62-39-11-15-48-13-5-9-19-58(48)62;1-8(2)10-7-5-4-6-9(10)3/h5-10,13-14,17-38,41-42H,3-4,11-12,15-16,39-40H2,1-2H3;4-8H,1-3H3/b23-21+,24-22+;. The Kier molecular flexibility index (Phi) is 13.6. The van der Waals surface area contributed by atoms with Crippen molar-refractivity contribution in [3.05, 3.63) is 250 Å². The van der Waals surface area contributed by atoms with Crippen molar-refractivity contribution in [3.8, 4) is 22.3 Å². The summed E-state index contributed by atoms with van der Waals surface area (Å²) in [4.78, 5) is 4.99. The maximum Gasteiger partial charge on any atom is 0.0490 e. The summed E-state index contributed by atoms with van der Waals surface area (Å²) in [5.74, 6) is 0.654. The van der Waals surface area contributed by atoms with E-state index in [4.69, 9.17) is 0 Å². The molecule has 2 heterocycles. The quantitative estimate of drug-likeness (QED) is 0.126. The van der Waals surface area contributed by atoms with Gasteiger partial charge in [0.25, 0.3) is 0 Å². The van der Waals surface area contributed by atoms with Gasteiger partial charge >= 0.3 is 0 Å². The number of anilines is 4. The Morgan fingerprint density at radius 2 is 0.932 bits per heavy atom. The second-order valence-corrected chi connectivity index (χ2v) is 20.7. The van der Waals surface area contributed by atoms with Gasteiger partial charge in [-0.05, 0) is 165 Å². The highest BCUT2D eigenvalue weighted by Gasteiger charge is 2.40. The van der Waals surface area contributed by atoms with E-state index in [1.54, 1.807) is 0 Å². The second kappa shape index (κ2) is 20.8. The molecule has 362 valence electrons. The minimum Gasteiger partial charge on any atom is -0.341 e. The molecular weight excluding hydrogens is 881 g/mol. The van der Waals surface area contributed by atoms with Crippen molar-refractivity contribution in [3.63, 3.8) is 0 Å². The average Bonchev–Trinajstić information content (AvgIpc) is 3.72.